The summed E-state index contributed by atoms with van der Waals surface area (Å²) in [7, 11) is 0. The molecule has 1 heterocycles. The summed E-state index contributed by atoms with van der Waals surface area (Å²) in [6, 6.07) is 3.42. The quantitative estimate of drug-likeness (QED) is 0.568. The van der Waals surface area contributed by atoms with E-state index in [1.54, 1.807) is 6.07 Å². The van der Waals surface area contributed by atoms with E-state index in [0.29, 0.717) is 5.82 Å². The number of anilines is 1. The SMILES string of the molecule is NC1CC(Nc2ncccc2[N+](=O)[O-])C1. The number of nitro groups is 1. The zero-order valence-electron chi connectivity index (χ0n) is 8.09. The molecular weight excluding hydrogens is 196 g/mol. The molecule has 6 heteroatoms. The normalized spacial score (nSPS) is 24.3. The maximum absolute atomic E-state index is 10.7. The molecule has 1 saturated carbocycles. The minimum absolute atomic E-state index is 0.0120. The molecule has 1 aromatic rings. The Labute approximate surface area is 86.6 Å². The summed E-state index contributed by atoms with van der Waals surface area (Å²) in [6.07, 6.45) is 3.22. The van der Waals surface area contributed by atoms with Gasteiger partial charge in [-0.05, 0) is 18.9 Å². The minimum Gasteiger partial charge on any atom is -0.361 e. The third-order valence-corrected chi connectivity index (χ3v) is 2.50. The molecule has 6 nitrogen and oxygen atoms in total. The van der Waals surface area contributed by atoms with E-state index in [1.807, 2.05) is 0 Å². The molecule has 1 aliphatic rings. The van der Waals surface area contributed by atoms with Crippen LogP contribution in [-0.4, -0.2) is 22.0 Å². The lowest BCUT2D eigenvalue weighted by Gasteiger charge is -2.33. The lowest BCUT2D eigenvalue weighted by Crippen LogP contribution is -2.44. The van der Waals surface area contributed by atoms with Gasteiger partial charge in [-0.3, -0.25) is 10.1 Å². The number of nitrogens with two attached hydrogens (primary N) is 1. The summed E-state index contributed by atoms with van der Waals surface area (Å²) < 4.78 is 0. The van der Waals surface area contributed by atoms with E-state index in [0.717, 1.165) is 12.8 Å². The van der Waals surface area contributed by atoms with Crippen molar-refractivity contribution in [2.75, 3.05) is 5.32 Å². The van der Waals surface area contributed by atoms with Crippen molar-refractivity contribution in [3.05, 3.63) is 28.4 Å². The van der Waals surface area contributed by atoms with Crippen LogP contribution in [0.3, 0.4) is 0 Å². The average Bonchev–Trinajstić information content (AvgIpc) is 2.16. The topological polar surface area (TPSA) is 94.1 Å². The summed E-state index contributed by atoms with van der Waals surface area (Å²) in [6.45, 7) is 0. The number of aromatic nitrogens is 1. The van der Waals surface area contributed by atoms with Gasteiger partial charge in [0, 0.05) is 24.3 Å². The summed E-state index contributed by atoms with van der Waals surface area (Å²) in [5, 5.41) is 13.7. The Bertz CT molecular complexity index is 376. The van der Waals surface area contributed by atoms with Gasteiger partial charge in [-0.1, -0.05) is 0 Å². The first-order valence-corrected chi connectivity index (χ1v) is 4.78. The zero-order chi connectivity index (χ0) is 10.8. The Hall–Kier alpha value is -1.69. The second-order valence-electron chi connectivity index (χ2n) is 3.70. The number of nitrogens with one attached hydrogen (secondary N) is 1. The maximum atomic E-state index is 10.7. The summed E-state index contributed by atoms with van der Waals surface area (Å²) in [5.74, 6) is 0.333. The van der Waals surface area contributed by atoms with Crippen molar-refractivity contribution in [1.82, 2.24) is 4.98 Å². The number of hydrogen-bond donors (Lipinski definition) is 2. The molecule has 3 N–H and O–H groups in total. The second-order valence-corrected chi connectivity index (χ2v) is 3.70. The Morgan fingerprint density at radius 1 is 1.60 bits per heavy atom. The van der Waals surface area contributed by atoms with Crippen molar-refractivity contribution in [2.45, 2.75) is 24.9 Å². The molecule has 0 saturated heterocycles. The van der Waals surface area contributed by atoms with Crippen molar-refractivity contribution < 1.29 is 4.92 Å². The smallest absolute Gasteiger partial charge is 0.311 e. The molecule has 0 aromatic carbocycles. The van der Waals surface area contributed by atoms with Crippen molar-refractivity contribution in [3.8, 4) is 0 Å². The van der Waals surface area contributed by atoms with E-state index in [1.165, 1.54) is 12.3 Å². The van der Waals surface area contributed by atoms with Gasteiger partial charge in [0.1, 0.15) is 0 Å². The summed E-state index contributed by atoms with van der Waals surface area (Å²) >= 11 is 0. The molecule has 1 fully saturated rings. The molecule has 0 aliphatic heterocycles. The predicted molar refractivity (Wildman–Crippen MR) is 55.5 cm³/mol. The molecule has 1 aliphatic carbocycles. The van der Waals surface area contributed by atoms with Gasteiger partial charge in [0.25, 0.3) is 0 Å². The van der Waals surface area contributed by atoms with Crippen LogP contribution in [0.4, 0.5) is 11.5 Å². The molecule has 0 radical (unpaired) electrons. The van der Waals surface area contributed by atoms with Gasteiger partial charge >= 0.3 is 5.69 Å². The van der Waals surface area contributed by atoms with Gasteiger partial charge in [0.15, 0.2) is 0 Å². The highest BCUT2D eigenvalue weighted by atomic mass is 16.6. The first-order chi connectivity index (χ1) is 7.16. The van der Waals surface area contributed by atoms with Crippen LogP contribution in [0.2, 0.25) is 0 Å². The second kappa shape index (κ2) is 3.82. The van der Waals surface area contributed by atoms with Crippen LogP contribution < -0.4 is 11.1 Å². The highest BCUT2D eigenvalue weighted by Crippen LogP contribution is 2.26. The van der Waals surface area contributed by atoms with Crippen LogP contribution >= 0.6 is 0 Å². The van der Waals surface area contributed by atoms with E-state index < -0.39 is 4.92 Å². The average molecular weight is 208 g/mol. The largest absolute Gasteiger partial charge is 0.361 e. The molecular formula is C9H12N4O2. The Morgan fingerprint density at radius 3 is 2.93 bits per heavy atom. The van der Waals surface area contributed by atoms with Crippen molar-refractivity contribution in [2.24, 2.45) is 5.73 Å². The molecule has 0 bridgehead atoms. The molecule has 1 aromatic heterocycles. The van der Waals surface area contributed by atoms with Gasteiger partial charge in [0.05, 0.1) is 4.92 Å². The first-order valence-electron chi connectivity index (χ1n) is 4.78. The number of rotatable bonds is 3. The minimum atomic E-state index is -0.437. The van der Waals surface area contributed by atoms with Crippen LogP contribution in [0, 0.1) is 10.1 Å². The summed E-state index contributed by atoms with van der Waals surface area (Å²) in [5.41, 5.74) is 5.64. The van der Waals surface area contributed by atoms with Crippen LogP contribution in [0.25, 0.3) is 0 Å². The Morgan fingerprint density at radius 2 is 2.33 bits per heavy atom. The molecule has 0 unspecified atom stereocenters. The fraction of sp³-hybridized carbons (Fsp3) is 0.444. The highest BCUT2D eigenvalue weighted by molar-refractivity contribution is 5.55. The lowest BCUT2D eigenvalue weighted by molar-refractivity contribution is -0.384. The molecule has 2 rings (SSSR count). The number of nitrogens with zero attached hydrogens (tertiary/aromatic N) is 2. The van der Waals surface area contributed by atoms with Crippen molar-refractivity contribution in [3.63, 3.8) is 0 Å². The third-order valence-electron chi connectivity index (χ3n) is 2.50. The van der Waals surface area contributed by atoms with E-state index >= 15 is 0 Å². The molecule has 0 spiro atoms. The van der Waals surface area contributed by atoms with Crippen LogP contribution in [0.1, 0.15) is 12.8 Å². The fourth-order valence-electron chi connectivity index (χ4n) is 1.63. The van der Waals surface area contributed by atoms with Crippen molar-refractivity contribution >= 4 is 11.5 Å². The van der Waals surface area contributed by atoms with Gasteiger partial charge in [-0.15, -0.1) is 0 Å². The highest BCUT2D eigenvalue weighted by Gasteiger charge is 2.28. The molecule has 80 valence electrons. The first kappa shape index (κ1) is 9.85. The van der Waals surface area contributed by atoms with E-state index in [4.69, 9.17) is 5.73 Å². The predicted octanol–water partition coefficient (Wildman–Crippen LogP) is 0.891. The Balaban J connectivity index is 2.10. The lowest BCUT2D eigenvalue weighted by atomic mass is 9.88. The number of pyridine rings is 1. The van der Waals surface area contributed by atoms with Gasteiger partial charge in [0.2, 0.25) is 5.82 Å². The molecule has 15 heavy (non-hydrogen) atoms. The van der Waals surface area contributed by atoms with E-state index in [-0.39, 0.29) is 17.8 Å². The number of hydrogen-bond acceptors (Lipinski definition) is 5. The third kappa shape index (κ3) is 2.04. The van der Waals surface area contributed by atoms with Gasteiger partial charge < -0.3 is 11.1 Å². The Kier molecular flexibility index (Phi) is 2.51. The van der Waals surface area contributed by atoms with Crippen LogP contribution in [-0.2, 0) is 0 Å². The molecule has 0 amide bonds. The van der Waals surface area contributed by atoms with Gasteiger partial charge in [-0.25, -0.2) is 4.98 Å². The van der Waals surface area contributed by atoms with E-state index in [2.05, 4.69) is 10.3 Å². The zero-order valence-corrected chi connectivity index (χ0v) is 8.09. The monoisotopic (exact) mass is 208 g/mol. The van der Waals surface area contributed by atoms with Crippen LogP contribution in [0.15, 0.2) is 18.3 Å². The fourth-order valence-corrected chi connectivity index (χ4v) is 1.63. The van der Waals surface area contributed by atoms with Crippen LogP contribution in [0.5, 0.6) is 0 Å². The van der Waals surface area contributed by atoms with E-state index in [9.17, 15) is 10.1 Å². The van der Waals surface area contributed by atoms with Gasteiger partial charge in [-0.2, -0.15) is 0 Å². The standard InChI is InChI=1S/C9H12N4O2/c10-6-4-7(5-6)12-9-8(13(14)15)2-1-3-11-9/h1-3,6-7H,4-5,10H2,(H,11,12). The molecule has 0 atom stereocenters. The van der Waals surface area contributed by atoms with Crippen molar-refractivity contribution in [1.29, 1.82) is 0 Å². The summed E-state index contributed by atoms with van der Waals surface area (Å²) in [4.78, 5) is 14.2. The maximum Gasteiger partial charge on any atom is 0.311 e.